The van der Waals surface area contributed by atoms with Crippen molar-refractivity contribution < 1.29 is 4.79 Å². The van der Waals surface area contributed by atoms with Gasteiger partial charge in [0, 0.05) is 18.2 Å². The molecule has 106 valence electrons. The quantitative estimate of drug-likeness (QED) is 0.914. The SMILES string of the molecule is Cc1ccc(N(C)C(=O)c2n[nH]c(C(C)(C)C)n2)cc1. The first kappa shape index (κ1) is 14.2. The van der Waals surface area contributed by atoms with E-state index < -0.39 is 0 Å². The summed E-state index contributed by atoms with van der Waals surface area (Å²) in [7, 11) is 1.72. The summed E-state index contributed by atoms with van der Waals surface area (Å²) in [6, 6.07) is 7.75. The van der Waals surface area contributed by atoms with E-state index in [9.17, 15) is 4.79 Å². The van der Waals surface area contributed by atoms with Crippen LogP contribution in [0, 0.1) is 6.92 Å². The van der Waals surface area contributed by atoms with Crippen LogP contribution in [0.5, 0.6) is 0 Å². The fourth-order valence-corrected chi connectivity index (χ4v) is 1.73. The number of carbonyl (C=O) groups is 1. The van der Waals surface area contributed by atoms with E-state index in [0.717, 1.165) is 11.3 Å². The molecule has 0 bridgehead atoms. The molecular weight excluding hydrogens is 252 g/mol. The lowest BCUT2D eigenvalue weighted by Crippen LogP contribution is -2.27. The Morgan fingerprint density at radius 3 is 2.30 bits per heavy atom. The number of aryl methyl sites for hydroxylation is 1. The smallest absolute Gasteiger partial charge is 0.297 e. The molecule has 0 saturated carbocycles. The monoisotopic (exact) mass is 272 g/mol. The van der Waals surface area contributed by atoms with Crippen LogP contribution in [-0.2, 0) is 5.41 Å². The fourth-order valence-electron chi connectivity index (χ4n) is 1.73. The molecule has 0 unspecified atom stereocenters. The third-order valence-corrected chi connectivity index (χ3v) is 3.11. The van der Waals surface area contributed by atoms with Crippen molar-refractivity contribution in [3.8, 4) is 0 Å². The number of hydrogen-bond donors (Lipinski definition) is 1. The van der Waals surface area contributed by atoms with Gasteiger partial charge < -0.3 is 4.90 Å². The van der Waals surface area contributed by atoms with Crippen molar-refractivity contribution >= 4 is 11.6 Å². The van der Waals surface area contributed by atoms with Crippen molar-refractivity contribution in [2.24, 2.45) is 0 Å². The number of aromatic nitrogens is 3. The Bertz CT molecular complexity index is 608. The first-order chi connectivity index (χ1) is 9.29. The molecule has 0 atom stereocenters. The minimum Gasteiger partial charge on any atom is -0.309 e. The van der Waals surface area contributed by atoms with Crippen LogP contribution in [0.25, 0.3) is 0 Å². The highest BCUT2D eigenvalue weighted by molar-refractivity contribution is 6.03. The van der Waals surface area contributed by atoms with Gasteiger partial charge in [0.2, 0.25) is 5.82 Å². The molecule has 20 heavy (non-hydrogen) atoms. The third-order valence-electron chi connectivity index (χ3n) is 3.11. The molecule has 1 heterocycles. The highest BCUT2D eigenvalue weighted by atomic mass is 16.2. The first-order valence-electron chi connectivity index (χ1n) is 6.56. The molecule has 1 amide bonds. The minimum absolute atomic E-state index is 0.159. The van der Waals surface area contributed by atoms with Crippen LogP contribution in [0.15, 0.2) is 24.3 Å². The molecule has 0 fully saturated rings. The average Bonchev–Trinajstić information content (AvgIpc) is 2.87. The van der Waals surface area contributed by atoms with Crippen LogP contribution in [0.2, 0.25) is 0 Å². The Morgan fingerprint density at radius 2 is 1.80 bits per heavy atom. The molecule has 5 nitrogen and oxygen atoms in total. The molecule has 2 aromatic rings. The number of anilines is 1. The van der Waals surface area contributed by atoms with Gasteiger partial charge in [-0.05, 0) is 19.1 Å². The van der Waals surface area contributed by atoms with Gasteiger partial charge in [0.05, 0.1) is 0 Å². The maximum Gasteiger partial charge on any atom is 0.297 e. The van der Waals surface area contributed by atoms with E-state index >= 15 is 0 Å². The Labute approximate surface area is 119 Å². The van der Waals surface area contributed by atoms with Gasteiger partial charge in [-0.2, -0.15) is 0 Å². The number of hydrogen-bond acceptors (Lipinski definition) is 3. The lowest BCUT2D eigenvalue weighted by molar-refractivity contribution is 0.0983. The summed E-state index contributed by atoms with van der Waals surface area (Å²) in [5.74, 6) is 0.678. The predicted molar refractivity (Wildman–Crippen MR) is 79.0 cm³/mol. The van der Waals surface area contributed by atoms with Crippen molar-refractivity contribution in [1.82, 2.24) is 15.2 Å². The molecule has 5 heteroatoms. The normalized spacial score (nSPS) is 11.4. The summed E-state index contributed by atoms with van der Waals surface area (Å²) in [5, 5.41) is 6.85. The van der Waals surface area contributed by atoms with Crippen molar-refractivity contribution in [3.63, 3.8) is 0 Å². The van der Waals surface area contributed by atoms with E-state index in [4.69, 9.17) is 0 Å². The predicted octanol–water partition coefficient (Wildman–Crippen LogP) is 2.69. The summed E-state index contributed by atoms with van der Waals surface area (Å²) in [4.78, 5) is 18.2. The van der Waals surface area contributed by atoms with E-state index in [1.54, 1.807) is 11.9 Å². The Morgan fingerprint density at radius 1 is 1.20 bits per heavy atom. The summed E-state index contributed by atoms with van der Waals surface area (Å²) in [5.41, 5.74) is 1.82. The molecular formula is C15H20N4O. The van der Waals surface area contributed by atoms with Crippen molar-refractivity contribution in [2.45, 2.75) is 33.1 Å². The van der Waals surface area contributed by atoms with E-state index in [1.807, 2.05) is 52.0 Å². The molecule has 0 spiro atoms. The van der Waals surface area contributed by atoms with Crippen LogP contribution in [-0.4, -0.2) is 28.1 Å². The number of amides is 1. The molecule has 1 N–H and O–H groups in total. The third kappa shape index (κ3) is 2.87. The topological polar surface area (TPSA) is 61.9 Å². The maximum absolute atomic E-state index is 12.4. The lowest BCUT2D eigenvalue weighted by Gasteiger charge is -2.16. The van der Waals surface area contributed by atoms with Gasteiger partial charge in [0.1, 0.15) is 5.82 Å². The van der Waals surface area contributed by atoms with Crippen LogP contribution in [0.1, 0.15) is 42.8 Å². The molecule has 0 saturated heterocycles. The van der Waals surface area contributed by atoms with Crippen LogP contribution in [0.3, 0.4) is 0 Å². The fraction of sp³-hybridized carbons (Fsp3) is 0.400. The first-order valence-corrected chi connectivity index (χ1v) is 6.56. The largest absolute Gasteiger partial charge is 0.309 e. The molecule has 1 aromatic heterocycles. The zero-order valence-corrected chi connectivity index (χ0v) is 12.6. The number of nitrogens with zero attached hydrogens (tertiary/aromatic N) is 3. The highest BCUT2D eigenvalue weighted by Gasteiger charge is 2.23. The second-order valence-electron chi connectivity index (χ2n) is 5.96. The maximum atomic E-state index is 12.4. The van der Waals surface area contributed by atoms with Crippen molar-refractivity contribution in [1.29, 1.82) is 0 Å². The van der Waals surface area contributed by atoms with Crippen molar-refractivity contribution in [3.05, 3.63) is 41.5 Å². The lowest BCUT2D eigenvalue weighted by atomic mass is 9.96. The molecule has 0 radical (unpaired) electrons. The molecule has 1 aromatic carbocycles. The van der Waals surface area contributed by atoms with E-state index in [2.05, 4.69) is 15.2 Å². The van der Waals surface area contributed by atoms with Crippen LogP contribution >= 0.6 is 0 Å². The number of aromatic amines is 1. The number of carbonyl (C=O) groups excluding carboxylic acids is 1. The van der Waals surface area contributed by atoms with Gasteiger partial charge in [-0.25, -0.2) is 4.98 Å². The standard InChI is InChI=1S/C15H20N4O/c1-10-6-8-11(9-7-10)19(5)13(20)12-16-14(18-17-12)15(2,3)4/h6-9H,1-5H3,(H,16,17,18). The molecule has 0 aliphatic carbocycles. The zero-order valence-electron chi connectivity index (χ0n) is 12.6. The van der Waals surface area contributed by atoms with Gasteiger partial charge in [-0.1, -0.05) is 38.5 Å². The second kappa shape index (κ2) is 5.07. The van der Waals surface area contributed by atoms with Crippen molar-refractivity contribution in [2.75, 3.05) is 11.9 Å². The minimum atomic E-state index is -0.222. The number of rotatable bonds is 2. The van der Waals surface area contributed by atoms with Gasteiger partial charge in [-0.15, -0.1) is 5.10 Å². The number of H-pyrrole nitrogens is 1. The number of nitrogens with one attached hydrogen (secondary N) is 1. The second-order valence-corrected chi connectivity index (χ2v) is 5.96. The van der Waals surface area contributed by atoms with Gasteiger partial charge >= 0.3 is 0 Å². The van der Waals surface area contributed by atoms with E-state index in [1.165, 1.54) is 0 Å². The van der Waals surface area contributed by atoms with Gasteiger partial charge in [0.15, 0.2) is 0 Å². The van der Waals surface area contributed by atoms with E-state index in [0.29, 0.717) is 5.82 Å². The summed E-state index contributed by atoms with van der Waals surface area (Å²) < 4.78 is 0. The summed E-state index contributed by atoms with van der Waals surface area (Å²) in [6.07, 6.45) is 0. The summed E-state index contributed by atoms with van der Waals surface area (Å²) >= 11 is 0. The molecule has 0 aliphatic rings. The highest BCUT2D eigenvalue weighted by Crippen LogP contribution is 2.19. The van der Waals surface area contributed by atoms with Crippen LogP contribution in [0.4, 0.5) is 5.69 Å². The Balaban J connectivity index is 2.23. The molecule has 2 rings (SSSR count). The van der Waals surface area contributed by atoms with Gasteiger partial charge in [-0.3, -0.25) is 9.89 Å². The number of benzene rings is 1. The van der Waals surface area contributed by atoms with Gasteiger partial charge in [0.25, 0.3) is 5.91 Å². The summed E-state index contributed by atoms with van der Waals surface area (Å²) in [6.45, 7) is 8.07. The molecule has 0 aliphatic heterocycles. The Kier molecular flexibility index (Phi) is 3.61. The average molecular weight is 272 g/mol. The zero-order chi connectivity index (χ0) is 14.9. The Hall–Kier alpha value is -2.17. The van der Waals surface area contributed by atoms with Crippen LogP contribution < -0.4 is 4.90 Å². The van der Waals surface area contributed by atoms with E-state index in [-0.39, 0.29) is 17.1 Å².